The van der Waals surface area contributed by atoms with Crippen LogP contribution in [-0.2, 0) is 4.79 Å². The Balaban J connectivity index is 0. The molecule has 0 saturated carbocycles. The van der Waals surface area contributed by atoms with Crippen molar-refractivity contribution in [2.24, 2.45) is 0 Å². The maximum atomic E-state index is 9.43. The Morgan fingerprint density at radius 3 is 2.06 bits per heavy atom. The second-order valence-electron chi connectivity index (χ2n) is 3.37. The molecule has 0 N–H and O–H groups in total. The number of nitrogens with zero attached hydrogens (tertiary/aromatic N) is 2. The molecule has 0 atom stereocenters. The third kappa shape index (κ3) is 9.35. The van der Waals surface area contributed by atoms with Gasteiger partial charge in [-0.15, -0.1) is 0 Å². The van der Waals surface area contributed by atoms with Crippen LogP contribution in [-0.4, -0.2) is 37.5 Å². The van der Waals surface area contributed by atoms with Gasteiger partial charge in [-0.05, 0) is 25.5 Å². The molecule has 1 rings (SSSR count). The first-order valence-corrected chi connectivity index (χ1v) is 5.60. The first-order chi connectivity index (χ1) is 8.01. The van der Waals surface area contributed by atoms with Gasteiger partial charge in [0.05, 0.1) is 12.8 Å². The molecule has 0 radical (unpaired) electrons. The predicted molar refractivity (Wildman–Crippen MR) is 71.4 cm³/mol. The maximum Gasteiger partial charge on any atom is 0.209 e. The summed E-state index contributed by atoms with van der Waals surface area (Å²) in [6, 6.07) is 1.97. The van der Waals surface area contributed by atoms with Gasteiger partial charge in [0, 0.05) is 20.3 Å². The van der Waals surface area contributed by atoms with Gasteiger partial charge in [0.15, 0.2) is 0 Å². The SMILES string of the molecule is CC.CN(C)C=O.COc1cc(C)cnc1C. The lowest BCUT2D eigenvalue weighted by Gasteiger charge is -2.02. The van der Waals surface area contributed by atoms with Gasteiger partial charge in [0.25, 0.3) is 0 Å². The zero-order chi connectivity index (χ0) is 13.8. The minimum absolute atomic E-state index is 0.750. The molecule has 0 saturated heterocycles. The van der Waals surface area contributed by atoms with Crippen LogP contribution < -0.4 is 4.74 Å². The number of pyridine rings is 1. The van der Waals surface area contributed by atoms with Crippen LogP contribution in [0.2, 0.25) is 0 Å². The van der Waals surface area contributed by atoms with E-state index in [9.17, 15) is 4.79 Å². The topological polar surface area (TPSA) is 42.4 Å². The van der Waals surface area contributed by atoms with Crippen LogP contribution in [0.25, 0.3) is 0 Å². The molecule has 4 nitrogen and oxygen atoms in total. The van der Waals surface area contributed by atoms with E-state index in [1.54, 1.807) is 21.2 Å². The van der Waals surface area contributed by atoms with Gasteiger partial charge in [-0.2, -0.15) is 0 Å². The van der Waals surface area contributed by atoms with Gasteiger partial charge in [-0.1, -0.05) is 13.8 Å². The maximum absolute atomic E-state index is 9.43. The van der Waals surface area contributed by atoms with Crippen LogP contribution in [0.4, 0.5) is 0 Å². The number of carbonyl (C=O) groups is 1. The second-order valence-corrected chi connectivity index (χ2v) is 3.37. The average molecular weight is 240 g/mol. The lowest BCUT2D eigenvalue weighted by molar-refractivity contribution is -0.115. The van der Waals surface area contributed by atoms with Crippen molar-refractivity contribution in [2.75, 3.05) is 21.2 Å². The smallest absolute Gasteiger partial charge is 0.209 e. The molecule has 0 spiro atoms. The highest BCUT2D eigenvalue weighted by molar-refractivity contribution is 5.45. The highest BCUT2D eigenvalue weighted by Gasteiger charge is 1.96. The molecule has 0 aromatic carbocycles. The molecule has 4 heteroatoms. The summed E-state index contributed by atoms with van der Waals surface area (Å²) in [5, 5.41) is 0. The molecule has 1 aromatic rings. The normalized spacial score (nSPS) is 7.94. The van der Waals surface area contributed by atoms with Crippen molar-refractivity contribution in [1.29, 1.82) is 0 Å². The Labute approximate surface area is 105 Å². The third-order valence-electron chi connectivity index (χ3n) is 1.61. The van der Waals surface area contributed by atoms with Crippen molar-refractivity contribution >= 4 is 6.41 Å². The van der Waals surface area contributed by atoms with Gasteiger partial charge < -0.3 is 9.64 Å². The van der Waals surface area contributed by atoms with Crippen molar-refractivity contribution in [3.8, 4) is 5.75 Å². The summed E-state index contributed by atoms with van der Waals surface area (Å²) in [6.45, 7) is 7.92. The van der Waals surface area contributed by atoms with Crippen LogP contribution >= 0.6 is 0 Å². The third-order valence-corrected chi connectivity index (χ3v) is 1.61. The molecule has 1 amide bonds. The molecule has 0 aliphatic carbocycles. The fraction of sp³-hybridized carbons (Fsp3) is 0.538. The van der Waals surface area contributed by atoms with E-state index in [0.717, 1.165) is 23.4 Å². The summed E-state index contributed by atoms with van der Waals surface area (Å²) < 4.78 is 5.06. The molecular weight excluding hydrogens is 216 g/mol. The van der Waals surface area contributed by atoms with Crippen molar-refractivity contribution in [1.82, 2.24) is 9.88 Å². The monoisotopic (exact) mass is 240 g/mol. The predicted octanol–water partition coefficient (Wildman–Crippen LogP) is 2.44. The van der Waals surface area contributed by atoms with E-state index in [0.29, 0.717) is 0 Å². The van der Waals surface area contributed by atoms with Crippen LogP contribution in [0.1, 0.15) is 25.1 Å². The number of aromatic nitrogens is 1. The Hall–Kier alpha value is -1.58. The summed E-state index contributed by atoms with van der Waals surface area (Å²) in [6.07, 6.45) is 2.58. The van der Waals surface area contributed by atoms with Crippen LogP contribution in [0.5, 0.6) is 5.75 Å². The zero-order valence-corrected chi connectivity index (χ0v) is 11.9. The van der Waals surface area contributed by atoms with Crippen LogP contribution in [0.15, 0.2) is 12.3 Å². The van der Waals surface area contributed by atoms with Crippen molar-refractivity contribution in [3.05, 3.63) is 23.5 Å². The highest BCUT2D eigenvalue weighted by Crippen LogP contribution is 2.14. The minimum Gasteiger partial charge on any atom is -0.495 e. The molecule has 0 bridgehead atoms. The first-order valence-electron chi connectivity index (χ1n) is 5.60. The highest BCUT2D eigenvalue weighted by atomic mass is 16.5. The molecule has 0 aliphatic rings. The van der Waals surface area contributed by atoms with Gasteiger partial charge in [-0.25, -0.2) is 0 Å². The lowest BCUT2D eigenvalue weighted by Crippen LogP contribution is -2.06. The van der Waals surface area contributed by atoms with E-state index in [2.05, 4.69) is 4.98 Å². The fourth-order valence-corrected chi connectivity index (χ4v) is 0.817. The standard InChI is InChI=1S/C8H11NO.C3H7NO.C2H6/c1-6-4-8(10-3)7(2)9-5-6;1-4(2)3-5;1-2/h4-5H,1-3H3;3H,1-2H3;1-2H3. The van der Waals surface area contributed by atoms with Crippen molar-refractivity contribution < 1.29 is 9.53 Å². The summed E-state index contributed by atoms with van der Waals surface area (Å²) in [4.78, 5) is 15.0. The second kappa shape index (κ2) is 10.9. The number of carbonyl (C=O) groups excluding carboxylic acids is 1. The number of hydrogen-bond acceptors (Lipinski definition) is 3. The average Bonchev–Trinajstić information content (AvgIpc) is 2.35. The minimum atomic E-state index is 0.750. The number of hydrogen-bond donors (Lipinski definition) is 0. The van der Waals surface area contributed by atoms with E-state index in [-0.39, 0.29) is 0 Å². The number of amides is 1. The molecule has 98 valence electrons. The van der Waals surface area contributed by atoms with E-state index in [1.165, 1.54) is 4.90 Å². The van der Waals surface area contributed by atoms with Crippen LogP contribution in [0.3, 0.4) is 0 Å². The van der Waals surface area contributed by atoms with E-state index in [1.807, 2.05) is 40.0 Å². The molecule has 0 unspecified atom stereocenters. The molecule has 0 aliphatic heterocycles. The lowest BCUT2D eigenvalue weighted by atomic mass is 10.2. The van der Waals surface area contributed by atoms with Gasteiger partial charge >= 0.3 is 0 Å². The summed E-state index contributed by atoms with van der Waals surface area (Å²) in [7, 11) is 5.03. The Bertz CT molecular complexity index is 312. The zero-order valence-electron chi connectivity index (χ0n) is 11.9. The Kier molecular flexibility index (Phi) is 11.4. The molecule has 0 fully saturated rings. The van der Waals surface area contributed by atoms with Crippen molar-refractivity contribution in [3.63, 3.8) is 0 Å². The quantitative estimate of drug-likeness (QED) is 0.746. The fourth-order valence-electron chi connectivity index (χ4n) is 0.817. The summed E-state index contributed by atoms with van der Waals surface area (Å²) in [5.74, 6) is 0.861. The van der Waals surface area contributed by atoms with Crippen molar-refractivity contribution in [2.45, 2.75) is 27.7 Å². The molecular formula is C13H24N2O2. The Morgan fingerprint density at radius 1 is 1.29 bits per heavy atom. The number of rotatable bonds is 2. The number of aryl methyl sites for hydroxylation is 2. The largest absolute Gasteiger partial charge is 0.495 e. The van der Waals surface area contributed by atoms with E-state index in [4.69, 9.17) is 4.74 Å². The van der Waals surface area contributed by atoms with Gasteiger partial charge in [0.1, 0.15) is 5.75 Å². The summed E-state index contributed by atoms with van der Waals surface area (Å²) in [5.41, 5.74) is 2.07. The molecule has 1 aromatic heterocycles. The van der Waals surface area contributed by atoms with Crippen LogP contribution in [0, 0.1) is 13.8 Å². The van der Waals surface area contributed by atoms with Gasteiger partial charge in [0.2, 0.25) is 6.41 Å². The number of ether oxygens (including phenoxy) is 1. The number of methoxy groups -OCH3 is 1. The van der Waals surface area contributed by atoms with E-state index < -0.39 is 0 Å². The summed E-state index contributed by atoms with van der Waals surface area (Å²) >= 11 is 0. The Morgan fingerprint density at radius 2 is 1.76 bits per heavy atom. The first kappa shape index (κ1) is 17.8. The molecule has 1 heterocycles. The van der Waals surface area contributed by atoms with Gasteiger partial charge in [-0.3, -0.25) is 9.78 Å². The molecule has 17 heavy (non-hydrogen) atoms. The van der Waals surface area contributed by atoms with E-state index >= 15 is 0 Å².